The van der Waals surface area contributed by atoms with Crippen molar-refractivity contribution < 1.29 is 8.42 Å². The molecule has 0 amide bonds. The van der Waals surface area contributed by atoms with E-state index in [0.717, 1.165) is 17.0 Å². The molecule has 0 saturated carbocycles. The number of sulfone groups is 1. The topological polar surface area (TPSA) is 70.6 Å². The van der Waals surface area contributed by atoms with Gasteiger partial charge >= 0.3 is 0 Å². The van der Waals surface area contributed by atoms with E-state index < -0.39 is 9.84 Å². The molecule has 1 atom stereocenters. The van der Waals surface area contributed by atoms with Crippen LogP contribution in [-0.2, 0) is 16.3 Å². The lowest BCUT2D eigenvalue weighted by Gasteiger charge is -2.16. The molecule has 116 valence electrons. The molecular weight excluding hydrogens is 310 g/mol. The predicted molar refractivity (Wildman–Crippen MR) is 86.7 cm³/mol. The van der Waals surface area contributed by atoms with E-state index in [0.29, 0.717) is 18.9 Å². The fraction of sp³-hybridized carbons (Fsp3) is 0.500. The second-order valence-corrected chi connectivity index (χ2v) is 7.72. The Balaban J connectivity index is 1.80. The highest BCUT2D eigenvalue weighted by Gasteiger charge is 2.28. The second kappa shape index (κ2) is 7.13. The monoisotopic (exact) mass is 329 g/mol. The van der Waals surface area contributed by atoms with Crippen molar-refractivity contribution in [3.8, 4) is 0 Å². The molecule has 5 nitrogen and oxygen atoms in total. The molecule has 1 aliphatic heterocycles. The van der Waals surface area contributed by atoms with Crippen molar-refractivity contribution in [2.24, 2.45) is 4.99 Å². The van der Waals surface area contributed by atoms with Gasteiger partial charge in [0, 0.05) is 24.7 Å². The molecule has 0 spiro atoms. The lowest BCUT2D eigenvalue weighted by molar-refractivity contribution is 0.599. The van der Waals surface area contributed by atoms with Gasteiger partial charge < -0.3 is 10.6 Å². The molecule has 0 radical (unpaired) electrons. The Kier molecular flexibility index (Phi) is 5.47. The summed E-state index contributed by atoms with van der Waals surface area (Å²) in [5.41, 5.74) is 1.07. The normalized spacial score (nSPS) is 21.2. The van der Waals surface area contributed by atoms with E-state index in [1.165, 1.54) is 0 Å². The lowest BCUT2D eigenvalue weighted by Crippen LogP contribution is -2.44. The minimum absolute atomic E-state index is 0.0542. The molecule has 7 heteroatoms. The number of nitrogens with zero attached hydrogens (tertiary/aromatic N) is 1. The summed E-state index contributed by atoms with van der Waals surface area (Å²) in [5, 5.41) is 7.09. The molecule has 0 aliphatic carbocycles. The minimum atomic E-state index is -2.88. The van der Waals surface area contributed by atoms with Crippen molar-refractivity contribution in [2.75, 3.05) is 25.1 Å². The third-order valence-corrected chi connectivity index (χ3v) is 5.58. The summed E-state index contributed by atoms with van der Waals surface area (Å²) in [6.45, 7) is 0.683. The van der Waals surface area contributed by atoms with Crippen LogP contribution in [0.25, 0.3) is 0 Å². The van der Waals surface area contributed by atoms with Crippen LogP contribution in [0.2, 0.25) is 5.02 Å². The summed E-state index contributed by atoms with van der Waals surface area (Å²) >= 11 is 6.10. The van der Waals surface area contributed by atoms with E-state index in [4.69, 9.17) is 11.6 Å². The molecule has 2 rings (SSSR count). The van der Waals surface area contributed by atoms with Crippen LogP contribution in [0.5, 0.6) is 0 Å². The fourth-order valence-corrected chi connectivity index (χ4v) is 4.22. The van der Waals surface area contributed by atoms with Crippen molar-refractivity contribution in [2.45, 2.75) is 18.9 Å². The highest BCUT2D eigenvalue weighted by molar-refractivity contribution is 7.91. The summed E-state index contributed by atoms with van der Waals surface area (Å²) in [6.07, 6.45) is 1.41. The van der Waals surface area contributed by atoms with Crippen LogP contribution >= 0.6 is 11.6 Å². The molecule has 21 heavy (non-hydrogen) atoms. The number of rotatable bonds is 4. The summed E-state index contributed by atoms with van der Waals surface area (Å²) in [4.78, 5) is 4.12. The zero-order valence-electron chi connectivity index (χ0n) is 12.0. The van der Waals surface area contributed by atoms with Gasteiger partial charge in [-0.2, -0.15) is 0 Å². The summed E-state index contributed by atoms with van der Waals surface area (Å²) < 4.78 is 22.9. The Labute approximate surface area is 130 Å². The van der Waals surface area contributed by atoms with Crippen LogP contribution in [0, 0.1) is 0 Å². The van der Waals surface area contributed by atoms with Crippen molar-refractivity contribution in [3.63, 3.8) is 0 Å². The first-order valence-electron chi connectivity index (χ1n) is 6.91. The number of aliphatic imine (C=N–C) groups is 1. The summed E-state index contributed by atoms with van der Waals surface area (Å²) in [6, 6.07) is 7.66. The van der Waals surface area contributed by atoms with Crippen molar-refractivity contribution >= 4 is 27.4 Å². The van der Waals surface area contributed by atoms with Crippen molar-refractivity contribution in [1.82, 2.24) is 10.6 Å². The molecule has 1 aromatic carbocycles. The Bertz CT molecular complexity index is 616. The van der Waals surface area contributed by atoms with Crippen LogP contribution in [-0.4, -0.2) is 45.5 Å². The van der Waals surface area contributed by atoms with E-state index >= 15 is 0 Å². The van der Waals surface area contributed by atoms with Crippen LogP contribution < -0.4 is 10.6 Å². The highest BCUT2D eigenvalue weighted by atomic mass is 35.5. The van der Waals surface area contributed by atoms with Gasteiger partial charge in [-0.15, -0.1) is 0 Å². The van der Waals surface area contributed by atoms with Gasteiger partial charge in [-0.25, -0.2) is 8.42 Å². The van der Waals surface area contributed by atoms with Crippen LogP contribution in [0.4, 0.5) is 0 Å². The number of guanidine groups is 1. The SMILES string of the molecule is CN=C(NCCc1ccccc1Cl)NC1CCS(=O)(=O)C1. The Morgan fingerprint density at radius 1 is 1.43 bits per heavy atom. The molecule has 1 heterocycles. The number of hydrogen-bond donors (Lipinski definition) is 2. The molecule has 1 saturated heterocycles. The summed E-state index contributed by atoms with van der Waals surface area (Å²) in [5.74, 6) is 1.06. The highest BCUT2D eigenvalue weighted by Crippen LogP contribution is 2.15. The maximum Gasteiger partial charge on any atom is 0.191 e. The Hall–Kier alpha value is -1.27. The first-order chi connectivity index (χ1) is 10.00. The quantitative estimate of drug-likeness (QED) is 0.644. The molecule has 0 aromatic heterocycles. The molecule has 2 N–H and O–H groups in total. The molecule has 1 aromatic rings. The van der Waals surface area contributed by atoms with Gasteiger partial charge in [-0.3, -0.25) is 4.99 Å². The maximum absolute atomic E-state index is 11.4. The first kappa shape index (κ1) is 16.1. The molecular formula is C14H20ClN3O2S. The summed E-state index contributed by atoms with van der Waals surface area (Å²) in [7, 11) is -1.21. The predicted octanol–water partition coefficient (Wildman–Crippen LogP) is 1.23. The van der Waals surface area contributed by atoms with Crippen LogP contribution in [0.3, 0.4) is 0 Å². The lowest BCUT2D eigenvalue weighted by atomic mass is 10.1. The van der Waals surface area contributed by atoms with E-state index in [9.17, 15) is 8.42 Å². The third kappa shape index (κ3) is 4.89. The van der Waals surface area contributed by atoms with Gasteiger partial charge in [0.05, 0.1) is 11.5 Å². The van der Waals surface area contributed by atoms with E-state index in [2.05, 4.69) is 15.6 Å². The largest absolute Gasteiger partial charge is 0.356 e. The van der Waals surface area contributed by atoms with E-state index in [-0.39, 0.29) is 17.5 Å². The van der Waals surface area contributed by atoms with Crippen molar-refractivity contribution in [1.29, 1.82) is 0 Å². The van der Waals surface area contributed by atoms with E-state index in [1.807, 2.05) is 24.3 Å². The molecule has 0 bridgehead atoms. The zero-order valence-corrected chi connectivity index (χ0v) is 13.5. The molecule has 1 aliphatic rings. The number of hydrogen-bond acceptors (Lipinski definition) is 3. The van der Waals surface area contributed by atoms with Crippen LogP contribution in [0.15, 0.2) is 29.3 Å². The Morgan fingerprint density at radius 3 is 2.81 bits per heavy atom. The van der Waals surface area contributed by atoms with Crippen molar-refractivity contribution in [3.05, 3.63) is 34.9 Å². The molecule has 1 unspecified atom stereocenters. The minimum Gasteiger partial charge on any atom is -0.356 e. The van der Waals surface area contributed by atoms with Gasteiger partial charge in [-0.05, 0) is 24.5 Å². The zero-order chi connectivity index (χ0) is 15.3. The number of halogens is 1. The van der Waals surface area contributed by atoms with Gasteiger partial charge in [0.15, 0.2) is 15.8 Å². The second-order valence-electron chi connectivity index (χ2n) is 5.08. The third-order valence-electron chi connectivity index (χ3n) is 3.44. The fourth-order valence-electron chi connectivity index (χ4n) is 2.31. The van der Waals surface area contributed by atoms with Gasteiger partial charge in [0.2, 0.25) is 0 Å². The number of nitrogens with one attached hydrogen (secondary N) is 2. The van der Waals surface area contributed by atoms with Gasteiger partial charge in [0.25, 0.3) is 0 Å². The average Bonchev–Trinajstić information content (AvgIpc) is 2.79. The van der Waals surface area contributed by atoms with Gasteiger partial charge in [0.1, 0.15) is 0 Å². The van der Waals surface area contributed by atoms with Gasteiger partial charge in [-0.1, -0.05) is 29.8 Å². The van der Waals surface area contributed by atoms with E-state index in [1.54, 1.807) is 7.05 Å². The smallest absolute Gasteiger partial charge is 0.191 e. The molecule has 1 fully saturated rings. The standard InChI is InChI=1S/C14H20ClN3O2S/c1-16-14(18-12-7-9-21(19,20)10-12)17-8-6-11-4-2-3-5-13(11)15/h2-5,12H,6-10H2,1H3,(H2,16,17,18). The van der Waals surface area contributed by atoms with Crippen LogP contribution in [0.1, 0.15) is 12.0 Å². The Morgan fingerprint density at radius 2 is 2.19 bits per heavy atom. The first-order valence-corrected chi connectivity index (χ1v) is 9.11. The maximum atomic E-state index is 11.4. The number of benzene rings is 1. The average molecular weight is 330 g/mol.